The van der Waals surface area contributed by atoms with Gasteiger partial charge >= 0.3 is 6.03 Å². The number of rotatable bonds is 7. The quantitative estimate of drug-likeness (QED) is 0.733. The molecule has 1 aromatic carbocycles. The minimum atomic E-state index is -0.425. The largest absolute Gasteiger partial charge is 0.383 e. The van der Waals surface area contributed by atoms with Gasteiger partial charge in [0.05, 0.1) is 12.6 Å². The Bertz CT molecular complexity index is 680. The average Bonchev–Trinajstić information content (AvgIpc) is 2.93. The molecule has 27 heavy (non-hydrogen) atoms. The van der Waals surface area contributed by atoms with Crippen LogP contribution in [-0.2, 0) is 16.1 Å². The van der Waals surface area contributed by atoms with Gasteiger partial charge in [-0.25, -0.2) is 9.18 Å². The maximum atomic E-state index is 13.1. The third kappa shape index (κ3) is 4.24. The Morgan fingerprint density at radius 2 is 1.81 bits per heavy atom. The minimum absolute atomic E-state index is 0.00832. The number of carbonyl (C=O) groups excluding carboxylic acids is 2. The third-order valence-corrected chi connectivity index (χ3v) is 5.23. The highest BCUT2D eigenvalue weighted by Crippen LogP contribution is 2.30. The highest BCUT2D eigenvalue weighted by Gasteiger charge is 2.49. The van der Waals surface area contributed by atoms with E-state index in [1.807, 2.05) is 4.90 Å². The Morgan fingerprint density at radius 1 is 1.15 bits per heavy atom. The van der Waals surface area contributed by atoms with E-state index < -0.39 is 6.04 Å². The van der Waals surface area contributed by atoms with E-state index in [0.717, 1.165) is 5.56 Å². The fourth-order valence-electron chi connectivity index (χ4n) is 3.95. The first-order valence-electron chi connectivity index (χ1n) is 9.50. The molecule has 7 heteroatoms. The maximum absolute atomic E-state index is 13.1. The van der Waals surface area contributed by atoms with Crippen molar-refractivity contribution >= 4 is 11.9 Å². The lowest BCUT2D eigenvalue weighted by Crippen LogP contribution is -2.61. The van der Waals surface area contributed by atoms with Crippen LogP contribution in [0, 0.1) is 11.7 Å². The lowest BCUT2D eigenvalue weighted by atomic mass is 9.97. The van der Waals surface area contributed by atoms with Crippen LogP contribution < -0.4 is 0 Å². The molecule has 0 spiro atoms. The molecule has 2 saturated heterocycles. The molecule has 1 aromatic rings. The summed E-state index contributed by atoms with van der Waals surface area (Å²) in [5, 5.41) is 0. The number of methoxy groups -OCH3 is 1. The maximum Gasteiger partial charge on any atom is 0.321 e. The first-order chi connectivity index (χ1) is 12.9. The third-order valence-electron chi connectivity index (χ3n) is 5.23. The average molecular weight is 377 g/mol. The molecule has 0 unspecified atom stereocenters. The predicted molar refractivity (Wildman–Crippen MR) is 99.5 cm³/mol. The Hall–Kier alpha value is -2.15. The number of hydrogen-bond acceptors (Lipinski definition) is 3. The molecule has 0 aliphatic carbocycles. The molecule has 148 valence electrons. The van der Waals surface area contributed by atoms with Crippen LogP contribution in [0.15, 0.2) is 24.3 Å². The normalized spacial score (nSPS) is 22.8. The molecule has 2 fully saturated rings. The van der Waals surface area contributed by atoms with Gasteiger partial charge in [0.25, 0.3) is 0 Å². The molecule has 0 radical (unpaired) electrons. The second-order valence-electron chi connectivity index (χ2n) is 7.77. The molecule has 3 amide bonds. The summed E-state index contributed by atoms with van der Waals surface area (Å²) in [6.07, 6.45) is 0.648. The van der Waals surface area contributed by atoms with E-state index in [-0.39, 0.29) is 23.8 Å². The van der Waals surface area contributed by atoms with E-state index in [1.54, 1.807) is 29.0 Å². The number of benzene rings is 1. The topological polar surface area (TPSA) is 53.1 Å². The first-order valence-corrected chi connectivity index (χ1v) is 9.50. The molecule has 2 atom stereocenters. The van der Waals surface area contributed by atoms with Crippen molar-refractivity contribution < 1.29 is 18.7 Å². The molecule has 0 saturated carbocycles. The Morgan fingerprint density at radius 3 is 2.44 bits per heavy atom. The van der Waals surface area contributed by atoms with Crippen LogP contribution in [0.2, 0.25) is 0 Å². The van der Waals surface area contributed by atoms with Crippen molar-refractivity contribution in [2.24, 2.45) is 5.92 Å². The number of amides is 3. The van der Waals surface area contributed by atoms with Crippen molar-refractivity contribution in [2.45, 2.75) is 38.9 Å². The van der Waals surface area contributed by atoms with Gasteiger partial charge in [-0.15, -0.1) is 0 Å². The summed E-state index contributed by atoms with van der Waals surface area (Å²) in [5.74, 6) is 0.0233. The van der Waals surface area contributed by atoms with Crippen LogP contribution in [0.4, 0.5) is 9.18 Å². The fourth-order valence-corrected chi connectivity index (χ4v) is 3.95. The van der Waals surface area contributed by atoms with Gasteiger partial charge in [0.15, 0.2) is 0 Å². The predicted octanol–water partition coefficient (Wildman–Crippen LogP) is 2.34. The van der Waals surface area contributed by atoms with E-state index >= 15 is 0 Å². The fraction of sp³-hybridized carbons (Fsp3) is 0.600. The van der Waals surface area contributed by atoms with Gasteiger partial charge in [0, 0.05) is 33.3 Å². The summed E-state index contributed by atoms with van der Waals surface area (Å²) >= 11 is 0. The molecule has 6 nitrogen and oxygen atoms in total. The van der Waals surface area contributed by atoms with Crippen molar-refractivity contribution in [2.75, 3.05) is 33.4 Å². The number of piperazine rings is 1. The summed E-state index contributed by atoms with van der Waals surface area (Å²) < 4.78 is 18.3. The molecule has 2 aliphatic rings. The molecule has 0 N–H and O–H groups in total. The summed E-state index contributed by atoms with van der Waals surface area (Å²) in [6, 6.07) is 5.65. The standard InChI is InChI=1S/C20H28FN3O3/c1-14(2)10-18-19(25)22(8-9-27-3)12-17-13-23(20(26)24(17)18)11-15-4-6-16(21)7-5-15/h4-7,14,17-18H,8-13H2,1-3H3/t17-,18+/m1/s1. The van der Waals surface area contributed by atoms with Gasteiger partial charge in [-0.3, -0.25) is 4.79 Å². The van der Waals surface area contributed by atoms with Crippen LogP contribution in [0.1, 0.15) is 25.8 Å². The van der Waals surface area contributed by atoms with Crippen molar-refractivity contribution in [1.82, 2.24) is 14.7 Å². The van der Waals surface area contributed by atoms with Gasteiger partial charge in [0.1, 0.15) is 11.9 Å². The van der Waals surface area contributed by atoms with E-state index in [4.69, 9.17) is 4.74 Å². The van der Waals surface area contributed by atoms with Crippen LogP contribution in [0.3, 0.4) is 0 Å². The van der Waals surface area contributed by atoms with Crippen molar-refractivity contribution in [3.8, 4) is 0 Å². The number of urea groups is 1. The van der Waals surface area contributed by atoms with Crippen molar-refractivity contribution in [3.63, 3.8) is 0 Å². The van der Waals surface area contributed by atoms with Crippen LogP contribution in [0.5, 0.6) is 0 Å². The number of halogens is 1. The SMILES string of the molecule is COCCN1C[C@@H]2CN(Cc3ccc(F)cc3)C(=O)N2[C@@H](CC(C)C)C1=O. The van der Waals surface area contributed by atoms with E-state index in [2.05, 4.69) is 13.8 Å². The zero-order valence-corrected chi connectivity index (χ0v) is 16.2. The second kappa shape index (κ2) is 8.25. The van der Waals surface area contributed by atoms with E-state index in [0.29, 0.717) is 45.1 Å². The number of fused-ring (bicyclic) bond motifs is 1. The van der Waals surface area contributed by atoms with Crippen LogP contribution in [0.25, 0.3) is 0 Å². The smallest absolute Gasteiger partial charge is 0.321 e. The lowest BCUT2D eigenvalue weighted by molar-refractivity contribution is -0.143. The van der Waals surface area contributed by atoms with Gasteiger partial charge in [-0.05, 0) is 30.0 Å². The monoisotopic (exact) mass is 377 g/mol. The number of ether oxygens (including phenoxy) is 1. The zero-order chi connectivity index (χ0) is 19.6. The Labute approximate surface area is 159 Å². The van der Waals surface area contributed by atoms with Crippen molar-refractivity contribution in [1.29, 1.82) is 0 Å². The van der Waals surface area contributed by atoms with E-state index in [1.165, 1.54) is 12.1 Å². The van der Waals surface area contributed by atoms with Gasteiger partial charge in [-0.1, -0.05) is 26.0 Å². The van der Waals surface area contributed by atoms with Crippen molar-refractivity contribution in [3.05, 3.63) is 35.6 Å². The Balaban J connectivity index is 1.78. The highest BCUT2D eigenvalue weighted by molar-refractivity contribution is 5.90. The summed E-state index contributed by atoms with van der Waals surface area (Å²) in [4.78, 5) is 31.4. The molecule has 0 bridgehead atoms. The van der Waals surface area contributed by atoms with Gasteiger partial charge < -0.3 is 19.4 Å². The molecular weight excluding hydrogens is 349 g/mol. The minimum Gasteiger partial charge on any atom is -0.383 e. The van der Waals surface area contributed by atoms with Gasteiger partial charge in [0.2, 0.25) is 5.91 Å². The second-order valence-corrected chi connectivity index (χ2v) is 7.77. The number of nitrogens with zero attached hydrogens (tertiary/aromatic N) is 3. The molecule has 3 rings (SSSR count). The van der Waals surface area contributed by atoms with E-state index in [9.17, 15) is 14.0 Å². The highest BCUT2D eigenvalue weighted by atomic mass is 19.1. The molecule has 0 aromatic heterocycles. The lowest BCUT2D eigenvalue weighted by Gasteiger charge is -2.42. The number of carbonyl (C=O) groups is 2. The number of hydrogen-bond donors (Lipinski definition) is 0. The zero-order valence-electron chi connectivity index (χ0n) is 16.2. The molecule has 2 aliphatic heterocycles. The van der Waals surface area contributed by atoms with Crippen LogP contribution >= 0.6 is 0 Å². The van der Waals surface area contributed by atoms with Crippen LogP contribution in [-0.4, -0.2) is 72.1 Å². The Kier molecular flexibility index (Phi) is 5.99. The molecule has 2 heterocycles. The van der Waals surface area contributed by atoms with Gasteiger partial charge in [-0.2, -0.15) is 0 Å². The summed E-state index contributed by atoms with van der Waals surface area (Å²) in [6.45, 7) is 6.68. The summed E-state index contributed by atoms with van der Waals surface area (Å²) in [7, 11) is 1.62. The first kappa shape index (κ1) is 19.6. The summed E-state index contributed by atoms with van der Waals surface area (Å²) in [5.41, 5.74) is 0.882. The molecular formula is C20H28FN3O3.